The van der Waals surface area contributed by atoms with Gasteiger partial charge in [0, 0.05) is 19.1 Å². The van der Waals surface area contributed by atoms with E-state index in [1.165, 1.54) is 0 Å². The maximum Gasteiger partial charge on any atom is 0.416 e. The zero-order valence-corrected chi connectivity index (χ0v) is 13.2. The Labute approximate surface area is 136 Å². The molecule has 0 radical (unpaired) electrons. The van der Waals surface area contributed by atoms with Crippen LogP contribution in [0.15, 0.2) is 18.2 Å². The summed E-state index contributed by atoms with van der Waals surface area (Å²) in [6, 6.07) is 1.69. The van der Waals surface area contributed by atoms with Gasteiger partial charge in [0.15, 0.2) is 0 Å². The zero-order chi connectivity index (χ0) is 18.1. The number of alkyl halides is 6. The van der Waals surface area contributed by atoms with Gasteiger partial charge < -0.3 is 5.73 Å². The second-order valence-corrected chi connectivity index (χ2v) is 6.41. The van der Waals surface area contributed by atoms with Crippen molar-refractivity contribution in [2.45, 2.75) is 44.7 Å². The van der Waals surface area contributed by atoms with Crippen molar-refractivity contribution in [3.8, 4) is 0 Å². The van der Waals surface area contributed by atoms with Crippen LogP contribution in [-0.2, 0) is 18.9 Å². The van der Waals surface area contributed by atoms with E-state index in [1.807, 2.05) is 11.8 Å². The lowest BCUT2D eigenvalue weighted by atomic mass is 9.92. The lowest BCUT2D eigenvalue weighted by Gasteiger charge is -2.34. The number of hydrogen-bond acceptors (Lipinski definition) is 2. The molecular formula is C16H20F6N2. The van der Waals surface area contributed by atoms with Crippen molar-refractivity contribution in [2.75, 3.05) is 13.1 Å². The smallest absolute Gasteiger partial charge is 0.328 e. The van der Waals surface area contributed by atoms with Gasteiger partial charge in [-0.05, 0) is 56.0 Å². The van der Waals surface area contributed by atoms with E-state index in [1.54, 1.807) is 0 Å². The third-order valence-corrected chi connectivity index (χ3v) is 4.34. The summed E-state index contributed by atoms with van der Waals surface area (Å²) < 4.78 is 77.3. The van der Waals surface area contributed by atoms with Crippen molar-refractivity contribution in [1.82, 2.24) is 4.90 Å². The summed E-state index contributed by atoms with van der Waals surface area (Å²) in [6.45, 7) is 3.13. The SMILES string of the molecule is CC(N)C1CCCN(Cc2cc(C(F)(F)F)cc(C(F)(F)F)c2)C1. The van der Waals surface area contributed by atoms with Gasteiger partial charge in [-0.25, -0.2) is 0 Å². The summed E-state index contributed by atoms with van der Waals surface area (Å²) in [6.07, 6.45) is -7.87. The number of piperidine rings is 1. The van der Waals surface area contributed by atoms with E-state index in [0.717, 1.165) is 25.0 Å². The number of halogens is 6. The Kier molecular flexibility index (Phi) is 5.49. The van der Waals surface area contributed by atoms with Crippen LogP contribution in [0.2, 0.25) is 0 Å². The molecule has 0 aliphatic carbocycles. The quantitative estimate of drug-likeness (QED) is 0.821. The fourth-order valence-corrected chi connectivity index (χ4v) is 3.03. The van der Waals surface area contributed by atoms with Crippen molar-refractivity contribution < 1.29 is 26.3 Å². The Morgan fingerprint density at radius 3 is 2.08 bits per heavy atom. The first-order chi connectivity index (χ1) is 11.0. The molecule has 1 aliphatic heterocycles. The maximum absolute atomic E-state index is 12.9. The number of rotatable bonds is 3. The van der Waals surface area contributed by atoms with E-state index < -0.39 is 23.5 Å². The molecule has 2 N–H and O–H groups in total. The Morgan fingerprint density at radius 2 is 1.62 bits per heavy atom. The van der Waals surface area contributed by atoms with Crippen LogP contribution >= 0.6 is 0 Å². The minimum atomic E-state index is -4.81. The average molecular weight is 354 g/mol. The van der Waals surface area contributed by atoms with E-state index >= 15 is 0 Å². The lowest BCUT2D eigenvalue weighted by molar-refractivity contribution is -0.143. The molecule has 0 amide bonds. The summed E-state index contributed by atoms with van der Waals surface area (Å²) in [5.41, 5.74) is 3.34. The minimum absolute atomic E-state index is 0.0162. The predicted octanol–water partition coefficient (Wildman–Crippen LogP) is 4.28. The van der Waals surface area contributed by atoms with Crippen LogP contribution in [0.4, 0.5) is 26.3 Å². The molecule has 24 heavy (non-hydrogen) atoms. The molecule has 0 spiro atoms. The Morgan fingerprint density at radius 1 is 1.08 bits per heavy atom. The van der Waals surface area contributed by atoms with Gasteiger partial charge in [-0.2, -0.15) is 26.3 Å². The number of nitrogens with zero attached hydrogens (tertiary/aromatic N) is 1. The Balaban J connectivity index is 2.26. The molecule has 1 fully saturated rings. The van der Waals surface area contributed by atoms with Gasteiger partial charge in [0.25, 0.3) is 0 Å². The van der Waals surface area contributed by atoms with Crippen LogP contribution in [0.3, 0.4) is 0 Å². The normalized spacial score (nSPS) is 21.8. The molecule has 0 saturated carbocycles. The average Bonchev–Trinajstić information content (AvgIpc) is 2.45. The third kappa shape index (κ3) is 4.86. The number of hydrogen-bond donors (Lipinski definition) is 1. The fourth-order valence-electron chi connectivity index (χ4n) is 3.03. The molecule has 8 heteroatoms. The maximum atomic E-state index is 12.9. The van der Waals surface area contributed by atoms with Crippen LogP contribution in [0.1, 0.15) is 36.5 Å². The summed E-state index contributed by atoms with van der Waals surface area (Å²) in [4.78, 5) is 1.87. The predicted molar refractivity (Wildman–Crippen MR) is 78.1 cm³/mol. The van der Waals surface area contributed by atoms with Gasteiger partial charge in [-0.15, -0.1) is 0 Å². The topological polar surface area (TPSA) is 29.3 Å². The highest BCUT2D eigenvalue weighted by atomic mass is 19.4. The molecule has 1 aromatic rings. The van der Waals surface area contributed by atoms with Crippen LogP contribution in [0.5, 0.6) is 0 Å². The van der Waals surface area contributed by atoms with E-state index in [0.29, 0.717) is 13.1 Å². The highest BCUT2D eigenvalue weighted by molar-refractivity contribution is 5.33. The molecule has 1 heterocycles. The zero-order valence-electron chi connectivity index (χ0n) is 13.2. The number of benzene rings is 1. The van der Waals surface area contributed by atoms with Crippen LogP contribution < -0.4 is 5.73 Å². The highest BCUT2D eigenvalue weighted by Crippen LogP contribution is 2.36. The van der Waals surface area contributed by atoms with Gasteiger partial charge in [0.05, 0.1) is 11.1 Å². The first-order valence-corrected chi connectivity index (χ1v) is 7.73. The monoisotopic (exact) mass is 354 g/mol. The van der Waals surface area contributed by atoms with Crippen molar-refractivity contribution in [2.24, 2.45) is 11.7 Å². The molecule has 2 nitrogen and oxygen atoms in total. The lowest BCUT2D eigenvalue weighted by Crippen LogP contribution is -2.41. The van der Waals surface area contributed by atoms with Gasteiger partial charge in [0.1, 0.15) is 0 Å². The largest absolute Gasteiger partial charge is 0.416 e. The van der Waals surface area contributed by atoms with E-state index in [2.05, 4.69) is 0 Å². The van der Waals surface area contributed by atoms with E-state index in [-0.39, 0.29) is 30.1 Å². The van der Waals surface area contributed by atoms with Gasteiger partial charge >= 0.3 is 12.4 Å². The first-order valence-electron chi connectivity index (χ1n) is 7.73. The Bertz CT molecular complexity index is 532. The summed E-state index contributed by atoms with van der Waals surface area (Å²) in [5.74, 6) is 0.201. The summed E-state index contributed by atoms with van der Waals surface area (Å²) >= 11 is 0. The van der Waals surface area contributed by atoms with Crippen molar-refractivity contribution in [3.63, 3.8) is 0 Å². The molecule has 2 atom stereocenters. The molecule has 2 unspecified atom stereocenters. The van der Waals surface area contributed by atoms with Gasteiger partial charge in [-0.1, -0.05) is 0 Å². The molecule has 1 aromatic carbocycles. The van der Waals surface area contributed by atoms with Crippen molar-refractivity contribution in [3.05, 3.63) is 34.9 Å². The van der Waals surface area contributed by atoms with Crippen LogP contribution in [-0.4, -0.2) is 24.0 Å². The number of nitrogens with two attached hydrogens (primary N) is 1. The molecule has 1 saturated heterocycles. The molecule has 0 aromatic heterocycles. The second-order valence-electron chi connectivity index (χ2n) is 6.41. The molecule has 0 bridgehead atoms. The molecular weight excluding hydrogens is 334 g/mol. The summed E-state index contributed by atoms with van der Waals surface area (Å²) in [5, 5.41) is 0. The standard InChI is InChI=1S/C16H20F6N2/c1-10(23)12-3-2-4-24(9-12)8-11-5-13(15(17,18)19)7-14(6-11)16(20,21)22/h5-7,10,12H,2-4,8-9,23H2,1H3. The fraction of sp³-hybridized carbons (Fsp3) is 0.625. The van der Waals surface area contributed by atoms with Crippen LogP contribution in [0.25, 0.3) is 0 Å². The molecule has 2 rings (SSSR count). The minimum Gasteiger partial charge on any atom is -0.328 e. The highest BCUT2D eigenvalue weighted by Gasteiger charge is 2.37. The molecule has 136 valence electrons. The Hall–Kier alpha value is -1.28. The van der Waals surface area contributed by atoms with E-state index in [9.17, 15) is 26.3 Å². The van der Waals surface area contributed by atoms with Gasteiger partial charge in [-0.3, -0.25) is 4.90 Å². The summed E-state index contributed by atoms with van der Waals surface area (Å²) in [7, 11) is 0. The molecule has 1 aliphatic rings. The number of likely N-dealkylation sites (tertiary alicyclic amines) is 1. The van der Waals surface area contributed by atoms with Crippen molar-refractivity contribution >= 4 is 0 Å². The van der Waals surface area contributed by atoms with Gasteiger partial charge in [0.2, 0.25) is 0 Å². The first kappa shape index (κ1) is 19.1. The van der Waals surface area contributed by atoms with Crippen LogP contribution in [0, 0.1) is 5.92 Å². The third-order valence-electron chi connectivity index (χ3n) is 4.34. The van der Waals surface area contributed by atoms with Crippen molar-refractivity contribution in [1.29, 1.82) is 0 Å². The second kappa shape index (κ2) is 6.92. The van der Waals surface area contributed by atoms with E-state index in [4.69, 9.17) is 5.73 Å².